The van der Waals surface area contributed by atoms with Gasteiger partial charge in [0.15, 0.2) is 0 Å². The molecule has 3 amide bonds. The van der Waals surface area contributed by atoms with Crippen molar-refractivity contribution in [2.24, 2.45) is 0 Å². The summed E-state index contributed by atoms with van der Waals surface area (Å²) in [7, 11) is 1.29. The van der Waals surface area contributed by atoms with Gasteiger partial charge in [-0.2, -0.15) is 0 Å². The normalized spacial score (nSPS) is 14.6. The molecule has 0 radical (unpaired) electrons. The van der Waals surface area contributed by atoms with Crippen molar-refractivity contribution in [2.75, 3.05) is 25.6 Å². The zero-order valence-corrected chi connectivity index (χ0v) is 17.7. The van der Waals surface area contributed by atoms with E-state index in [0.717, 1.165) is 16.7 Å². The maximum atomic E-state index is 12.6. The molecular weight excluding hydrogens is 420 g/mol. The summed E-state index contributed by atoms with van der Waals surface area (Å²) >= 11 is 0.758. The van der Waals surface area contributed by atoms with E-state index >= 15 is 0 Å². The molecule has 8 nitrogen and oxygen atoms in total. The van der Waals surface area contributed by atoms with Gasteiger partial charge >= 0.3 is 5.97 Å². The quantitative estimate of drug-likeness (QED) is 0.519. The van der Waals surface area contributed by atoms with Crippen molar-refractivity contribution in [1.82, 2.24) is 4.90 Å². The minimum atomic E-state index is -0.547. The van der Waals surface area contributed by atoms with Gasteiger partial charge in [0.1, 0.15) is 12.3 Å². The Hall–Kier alpha value is -3.59. The van der Waals surface area contributed by atoms with Gasteiger partial charge in [0, 0.05) is 5.69 Å². The summed E-state index contributed by atoms with van der Waals surface area (Å²) in [6.45, 7) is 2.02. The van der Waals surface area contributed by atoms with Crippen molar-refractivity contribution < 1.29 is 28.7 Å². The highest BCUT2D eigenvalue weighted by Crippen LogP contribution is 2.32. The first-order valence-electron chi connectivity index (χ1n) is 9.37. The summed E-state index contributed by atoms with van der Waals surface area (Å²) in [4.78, 5) is 49.7. The molecule has 0 aromatic heterocycles. The van der Waals surface area contributed by atoms with E-state index in [2.05, 4.69) is 10.1 Å². The lowest BCUT2D eigenvalue weighted by molar-refractivity contribution is -0.127. The van der Waals surface area contributed by atoms with E-state index in [9.17, 15) is 19.2 Å². The average molecular weight is 440 g/mol. The van der Waals surface area contributed by atoms with Gasteiger partial charge in [0.25, 0.3) is 11.1 Å². The molecule has 1 aliphatic rings. The van der Waals surface area contributed by atoms with Gasteiger partial charge in [0.2, 0.25) is 5.91 Å². The zero-order chi connectivity index (χ0) is 22.4. The molecule has 1 heterocycles. The van der Waals surface area contributed by atoms with Crippen LogP contribution in [0.5, 0.6) is 5.75 Å². The van der Waals surface area contributed by atoms with Gasteiger partial charge in [-0.15, -0.1) is 0 Å². The predicted octanol–water partition coefficient (Wildman–Crippen LogP) is 3.55. The van der Waals surface area contributed by atoms with E-state index in [-0.39, 0.29) is 4.91 Å². The lowest BCUT2D eigenvalue weighted by Crippen LogP contribution is -2.36. The van der Waals surface area contributed by atoms with Gasteiger partial charge in [-0.05, 0) is 66.7 Å². The minimum absolute atomic E-state index is 0.199. The number of nitrogens with zero attached hydrogens (tertiary/aromatic N) is 1. The highest BCUT2D eigenvalue weighted by molar-refractivity contribution is 8.18. The fourth-order valence-electron chi connectivity index (χ4n) is 2.77. The standard InChI is InChI=1S/C22H20N2O6S/c1-3-30-17-10-8-16(9-11-17)23-19(25)13-24-20(26)18(31-22(24)28)12-14-4-6-15(7-5-14)21(27)29-2/h4-12H,3,13H2,1-2H3,(H,23,25)/b18-12+. The molecule has 160 valence electrons. The van der Waals surface area contributed by atoms with E-state index in [4.69, 9.17) is 4.74 Å². The van der Waals surface area contributed by atoms with Crippen LogP contribution in [0.1, 0.15) is 22.8 Å². The average Bonchev–Trinajstić information content (AvgIpc) is 3.02. The predicted molar refractivity (Wildman–Crippen MR) is 117 cm³/mol. The maximum absolute atomic E-state index is 12.6. The molecule has 31 heavy (non-hydrogen) atoms. The number of hydrogen-bond donors (Lipinski definition) is 1. The highest BCUT2D eigenvalue weighted by atomic mass is 32.2. The van der Waals surface area contributed by atoms with Crippen LogP contribution in [-0.2, 0) is 14.3 Å². The monoisotopic (exact) mass is 440 g/mol. The van der Waals surface area contributed by atoms with E-state index < -0.39 is 29.6 Å². The van der Waals surface area contributed by atoms with E-state index in [1.165, 1.54) is 13.2 Å². The second kappa shape index (κ2) is 9.94. The van der Waals surface area contributed by atoms with Crippen molar-refractivity contribution in [3.8, 4) is 5.75 Å². The smallest absolute Gasteiger partial charge is 0.337 e. The summed E-state index contributed by atoms with van der Waals surface area (Å²) < 4.78 is 9.99. The molecule has 3 rings (SSSR count). The van der Waals surface area contributed by atoms with Crippen LogP contribution >= 0.6 is 11.8 Å². The van der Waals surface area contributed by atoms with Gasteiger partial charge in [-0.3, -0.25) is 19.3 Å². The molecule has 1 N–H and O–H groups in total. The SMILES string of the molecule is CCOc1ccc(NC(=O)CN2C(=O)S/C(=C/c3ccc(C(=O)OC)cc3)C2=O)cc1. The number of rotatable bonds is 7. The summed E-state index contributed by atoms with van der Waals surface area (Å²) in [5, 5.41) is 2.13. The number of thioether (sulfide) groups is 1. The lowest BCUT2D eigenvalue weighted by Gasteiger charge is -2.12. The van der Waals surface area contributed by atoms with Crippen LogP contribution in [0.2, 0.25) is 0 Å². The van der Waals surface area contributed by atoms with Crippen molar-refractivity contribution in [2.45, 2.75) is 6.92 Å². The van der Waals surface area contributed by atoms with Gasteiger partial charge < -0.3 is 14.8 Å². The fraction of sp³-hybridized carbons (Fsp3) is 0.182. The number of carbonyl (C=O) groups excluding carboxylic acids is 4. The van der Waals surface area contributed by atoms with Crippen molar-refractivity contribution in [3.63, 3.8) is 0 Å². The molecule has 1 saturated heterocycles. The highest BCUT2D eigenvalue weighted by Gasteiger charge is 2.36. The third-order valence-electron chi connectivity index (χ3n) is 4.25. The number of nitrogens with one attached hydrogen (secondary N) is 1. The second-order valence-electron chi connectivity index (χ2n) is 6.39. The number of hydrogen-bond acceptors (Lipinski definition) is 7. The van der Waals surface area contributed by atoms with Crippen molar-refractivity contribution in [1.29, 1.82) is 0 Å². The molecular formula is C22H20N2O6S. The summed E-state index contributed by atoms with van der Waals surface area (Å²) in [6, 6.07) is 13.2. The van der Waals surface area contributed by atoms with E-state index in [1.54, 1.807) is 48.5 Å². The van der Waals surface area contributed by atoms with Crippen LogP contribution in [0.25, 0.3) is 6.08 Å². The van der Waals surface area contributed by atoms with Crippen LogP contribution in [-0.4, -0.2) is 48.2 Å². The maximum Gasteiger partial charge on any atom is 0.337 e. The molecule has 2 aromatic carbocycles. The van der Waals surface area contributed by atoms with Crippen molar-refractivity contribution >= 4 is 46.5 Å². The Morgan fingerprint density at radius 2 is 1.74 bits per heavy atom. The number of benzene rings is 2. The molecule has 0 saturated carbocycles. The van der Waals surface area contributed by atoms with Gasteiger partial charge in [-0.1, -0.05) is 12.1 Å². The van der Waals surface area contributed by atoms with Gasteiger partial charge in [-0.25, -0.2) is 4.79 Å². The Labute approximate surface area is 183 Å². The van der Waals surface area contributed by atoms with E-state index in [0.29, 0.717) is 29.2 Å². The first kappa shape index (κ1) is 22.1. The molecule has 0 spiro atoms. The largest absolute Gasteiger partial charge is 0.494 e. The number of ether oxygens (including phenoxy) is 2. The number of amides is 3. The molecule has 0 aliphatic carbocycles. The van der Waals surface area contributed by atoms with E-state index in [1.807, 2.05) is 6.92 Å². The number of anilines is 1. The molecule has 1 aliphatic heterocycles. The Kier molecular flexibility index (Phi) is 7.09. The lowest BCUT2D eigenvalue weighted by atomic mass is 10.1. The number of methoxy groups -OCH3 is 1. The Morgan fingerprint density at radius 1 is 1.06 bits per heavy atom. The van der Waals surface area contributed by atoms with Crippen LogP contribution < -0.4 is 10.1 Å². The third kappa shape index (κ3) is 5.52. The minimum Gasteiger partial charge on any atom is -0.494 e. The third-order valence-corrected chi connectivity index (χ3v) is 5.16. The Balaban J connectivity index is 1.63. The summed E-state index contributed by atoms with van der Waals surface area (Å²) in [5.74, 6) is -0.828. The van der Waals surface area contributed by atoms with Crippen LogP contribution in [0.4, 0.5) is 10.5 Å². The zero-order valence-electron chi connectivity index (χ0n) is 16.9. The topological polar surface area (TPSA) is 102 Å². The molecule has 2 aromatic rings. The van der Waals surface area contributed by atoms with Crippen LogP contribution in [0.15, 0.2) is 53.4 Å². The molecule has 1 fully saturated rings. The first-order chi connectivity index (χ1) is 14.9. The Morgan fingerprint density at radius 3 is 2.35 bits per heavy atom. The fourth-order valence-corrected chi connectivity index (χ4v) is 3.60. The van der Waals surface area contributed by atoms with Gasteiger partial charge in [0.05, 0.1) is 24.2 Å². The van der Waals surface area contributed by atoms with Crippen molar-refractivity contribution in [3.05, 3.63) is 64.6 Å². The molecule has 0 atom stereocenters. The second-order valence-corrected chi connectivity index (χ2v) is 7.38. The number of esters is 1. The Bertz CT molecular complexity index is 1030. The number of imide groups is 1. The molecule has 0 bridgehead atoms. The first-order valence-corrected chi connectivity index (χ1v) is 10.2. The summed E-state index contributed by atoms with van der Waals surface area (Å²) in [6.07, 6.45) is 1.54. The number of carbonyl (C=O) groups is 4. The summed E-state index contributed by atoms with van der Waals surface area (Å²) in [5.41, 5.74) is 1.54. The molecule has 0 unspecified atom stereocenters. The van der Waals surface area contributed by atoms with Crippen LogP contribution in [0, 0.1) is 0 Å². The van der Waals surface area contributed by atoms with Crippen LogP contribution in [0.3, 0.4) is 0 Å². The molecule has 9 heteroatoms.